The van der Waals surface area contributed by atoms with E-state index in [2.05, 4.69) is 70.5 Å². The third-order valence-corrected chi connectivity index (χ3v) is 5.49. The molecule has 0 atom stereocenters. The fourth-order valence-corrected chi connectivity index (χ4v) is 3.74. The lowest BCUT2D eigenvalue weighted by molar-refractivity contribution is 0.148. The summed E-state index contributed by atoms with van der Waals surface area (Å²) < 4.78 is 1.86. The van der Waals surface area contributed by atoms with Gasteiger partial charge in [0.2, 0.25) is 0 Å². The Labute approximate surface area is 166 Å². The highest BCUT2D eigenvalue weighted by molar-refractivity contribution is 5.67. The summed E-state index contributed by atoms with van der Waals surface area (Å²) in [4.78, 5) is 4.94. The molecule has 1 aliphatic heterocycles. The zero-order valence-electron chi connectivity index (χ0n) is 16.5. The van der Waals surface area contributed by atoms with Crippen LogP contribution in [0.2, 0.25) is 0 Å². The molecule has 2 aromatic carbocycles. The van der Waals surface area contributed by atoms with Crippen LogP contribution in [-0.4, -0.2) is 57.9 Å². The summed E-state index contributed by atoms with van der Waals surface area (Å²) in [5.41, 5.74) is 6.00. The minimum atomic E-state index is 0.0308. The van der Waals surface area contributed by atoms with Crippen LogP contribution in [0.5, 0.6) is 0 Å². The molecule has 0 spiro atoms. The van der Waals surface area contributed by atoms with Crippen LogP contribution in [0.4, 0.5) is 0 Å². The van der Waals surface area contributed by atoms with Crippen molar-refractivity contribution in [1.82, 2.24) is 19.6 Å². The highest BCUT2D eigenvalue weighted by Crippen LogP contribution is 2.25. The molecule has 0 amide bonds. The van der Waals surface area contributed by atoms with E-state index < -0.39 is 0 Å². The lowest BCUT2D eigenvalue weighted by Gasteiger charge is -2.32. The van der Waals surface area contributed by atoms with Crippen LogP contribution in [0.25, 0.3) is 11.1 Å². The summed E-state index contributed by atoms with van der Waals surface area (Å²) in [7, 11) is 2.20. The van der Waals surface area contributed by atoms with Gasteiger partial charge in [0.1, 0.15) is 0 Å². The monoisotopic (exact) mass is 376 g/mol. The topological polar surface area (TPSA) is 44.5 Å². The van der Waals surface area contributed by atoms with Gasteiger partial charge in [-0.2, -0.15) is 5.10 Å². The molecule has 2 heterocycles. The normalized spacial score (nSPS) is 15.8. The maximum atomic E-state index is 9.18. The van der Waals surface area contributed by atoms with E-state index in [0.29, 0.717) is 6.54 Å². The number of aliphatic hydroxyl groups is 1. The number of hydrogen-bond donors (Lipinski definition) is 1. The third-order valence-electron chi connectivity index (χ3n) is 5.49. The van der Waals surface area contributed by atoms with Crippen molar-refractivity contribution in [2.75, 3.05) is 33.2 Å². The van der Waals surface area contributed by atoms with Gasteiger partial charge in [-0.15, -0.1) is 0 Å². The SMILES string of the molecule is CN1CCN(Cc2ccccc2-c2ccc(Cn3cc(CO)cn3)cc2)CC1. The van der Waals surface area contributed by atoms with E-state index in [1.54, 1.807) is 6.20 Å². The van der Waals surface area contributed by atoms with Crippen LogP contribution in [0.3, 0.4) is 0 Å². The summed E-state index contributed by atoms with van der Waals surface area (Å²) in [5, 5.41) is 13.5. The van der Waals surface area contributed by atoms with E-state index in [1.807, 2.05) is 10.9 Å². The van der Waals surface area contributed by atoms with Crippen molar-refractivity contribution in [2.24, 2.45) is 0 Å². The molecule has 1 N–H and O–H groups in total. The molecular weight excluding hydrogens is 348 g/mol. The Morgan fingerprint density at radius 3 is 2.36 bits per heavy atom. The van der Waals surface area contributed by atoms with Gasteiger partial charge >= 0.3 is 0 Å². The van der Waals surface area contributed by atoms with E-state index in [1.165, 1.54) is 22.3 Å². The zero-order valence-corrected chi connectivity index (χ0v) is 16.5. The Morgan fingerprint density at radius 2 is 1.64 bits per heavy atom. The molecule has 1 fully saturated rings. The molecule has 1 saturated heterocycles. The van der Waals surface area contributed by atoms with Crippen LogP contribution in [0.1, 0.15) is 16.7 Å². The molecule has 1 aromatic heterocycles. The first-order valence-electron chi connectivity index (χ1n) is 9.91. The maximum Gasteiger partial charge on any atom is 0.0712 e. The number of nitrogens with zero attached hydrogens (tertiary/aromatic N) is 4. The lowest BCUT2D eigenvalue weighted by atomic mass is 9.98. The fourth-order valence-electron chi connectivity index (χ4n) is 3.74. The lowest BCUT2D eigenvalue weighted by Crippen LogP contribution is -2.43. The number of hydrogen-bond acceptors (Lipinski definition) is 4. The molecule has 5 nitrogen and oxygen atoms in total. The predicted octanol–water partition coefficient (Wildman–Crippen LogP) is 2.84. The molecule has 146 valence electrons. The van der Waals surface area contributed by atoms with Crippen molar-refractivity contribution in [3.8, 4) is 11.1 Å². The molecule has 28 heavy (non-hydrogen) atoms. The highest BCUT2D eigenvalue weighted by Gasteiger charge is 2.15. The Kier molecular flexibility index (Phi) is 5.86. The second-order valence-corrected chi connectivity index (χ2v) is 7.64. The summed E-state index contributed by atoms with van der Waals surface area (Å²) in [6, 6.07) is 17.5. The molecule has 0 saturated carbocycles. The molecule has 0 radical (unpaired) electrons. The number of aromatic nitrogens is 2. The Bertz CT molecular complexity index is 895. The van der Waals surface area contributed by atoms with Gasteiger partial charge < -0.3 is 10.0 Å². The van der Waals surface area contributed by atoms with Gasteiger partial charge in [0.25, 0.3) is 0 Å². The van der Waals surface area contributed by atoms with Crippen molar-refractivity contribution in [1.29, 1.82) is 0 Å². The van der Waals surface area contributed by atoms with E-state index in [0.717, 1.165) is 38.3 Å². The van der Waals surface area contributed by atoms with Gasteiger partial charge in [0, 0.05) is 44.5 Å². The van der Waals surface area contributed by atoms with Crippen LogP contribution < -0.4 is 0 Å². The van der Waals surface area contributed by atoms with Gasteiger partial charge in [-0.25, -0.2) is 0 Å². The van der Waals surface area contributed by atoms with Crippen molar-refractivity contribution in [3.63, 3.8) is 0 Å². The van der Waals surface area contributed by atoms with Crippen LogP contribution >= 0.6 is 0 Å². The number of aliphatic hydroxyl groups excluding tert-OH is 1. The van der Waals surface area contributed by atoms with Crippen molar-refractivity contribution in [2.45, 2.75) is 19.7 Å². The zero-order chi connectivity index (χ0) is 19.3. The number of rotatable bonds is 6. The Balaban J connectivity index is 1.48. The van der Waals surface area contributed by atoms with Crippen LogP contribution in [0.15, 0.2) is 60.9 Å². The molecular formula is C23H28N4O. The van der Waals surface area contributed by atoms with E-state index >= 15 is 0 Å². The quantitative estimate of drug-likeness (QED) is 0.719. The van der Waals surface area contributed by atoms with Crippen LogP contribution in [-0.2, 0) is 19.7 Å². The van der Waals surface area contributed by atoms with Gasteiger partial charge in [0.15, 0.2) is 0 Å². The van der Waals surface area contributed by atoms with Gasteiger partial charge in [-0.3, -0.25) is 9.58 Å². The van der Waals surface area contributed by atoms with Gasteiger partial charge in [-0.05, 0) is 29.3 Å². The number of likely N-dealkylation sites (N-methyl/N-ethyl adjacent to an activating group) is 1. The smallest absolute Gasteiger partial charge is 0.0712 e. The molecule has 0 aliphatic carbocycles. The second kappa shape index (κ2) is 8.69. The summed E-state index contributed by atoms with van der Waals surface area (Å²) in [6.07, 6.45) is 3.60. The number of benzene rings is 2. The molecule has 3 aromatic rings. The van der Waals surface area contributed by atoms with E-state index in [9.17, 15) is 5.11 Å². The largest absolute Gasteiger partial charge is 0.392 e. The average Bonchev–Trinajstić information content (AvgIpc) is 3.18. The predicted molar refractivity (Wildman–Crippen MR) is 112 cm³/mol. The molecule has 1 aliphatic rings. The standard InChI is InChI=1S/C23H28N4O/c1-25-10-12-26(13-11-25)17-22-4-2-3-5-23(22)21-8-6-19(7-9-21)15-27-16-20(18-28)14-24-27/h2-9,14,16,28H,10-13,15,17-18H2,1H3. The minimum Gasteiger partial charge on any atom is -0.392 e. The fraction of sp³-hybridized carbons (Fsp3) is 0.348. The molecule has 0 bridgehead atoms. The van der Waals surface area contributed by atoms with Crippen molar-refractivity contribution >= 4 is 0 Å². The molecule has 0 unspecified atom stereocenters. The second-order valence-electron chi connectivity index (χ2n) is 7.64. The summed E-state index contributed by atoms with van der Waals surface area (Å²) in [5.74, 6) is 0. The van der Waals surface area contributed by atoms with Gasteiger partial charge in [0.05, 0.1) is 19.3 Å². The number of piperazine rings is 1. The molecule has 4 rings (SSSR count). The van der Waals surface area contributed by atoms with Crippen LogP contribution in [0, 0.1) is 0 Å². The molecule has 5 heteroatoms. The summed E-state index contributed by atoms with van der Waals surface area (Å²) in [6.45, 7) is 6.28. The maximum absolute atomic E-state index is 9.18. The van der Waals surface area contributed by atoms with Gasteiger partial charge in [-0.1, -0.05) is 48.5 Å². The van der Waals surface area contributed by atoms with E-state index in [4.69, 9.17) is 0 Å². The first-order chi connectivity index (χ1) is 13.7. The summed E-state index contributed by atoms with van der Waals surface area (Å²) >= 11 is 0. The third kappa shape index (κ3) is 4.50. The minimum absolute atomic E-state index is 0.0308. The first-order valence-corrected chi connectivity index (χ1v) is 9.91. The highest BCUT2D eigenvalue weighted by atomic mass is 16.3. The van der Waals surface area contributed by atoms with Crippen molar-refractivity contribution in [3.05, 3.63) is 77.6 Å². The Morgan fingerprint density at radius 1 is 0.893 bits per heavy atom. The van der Waals surface area contributed by atoms with Crippen molar-refractivity contribution < 1.29 is 5.11 Å². The average molecular weight is 377 g/mol. The first kappa shape index (κ1) is 18.9. The Hall–Kier alpha value is -2.47. The van der Waals surface area contributed by atoms with E-state index in [-0.39, 0.29) is 6.61 Å².